The van der Waals surface area contributed by atoms with Gasteiger partial charge in [0, 0.05) is 25.2 Å². The molecule has 7 heteroatoms. The van der Waals surface area contributed by atoms with E-state index in [2.05, 4.69) is 29.4 Å². The molecular formula is C12H24N4O2S. The SMILES string of the molecule is CCC(C)CN(CC)S(=O)(=O)c1[nH]ncc1CNC. The van der Waals surface area contributed by atoms with Crippen LogP contribution in [0.4, 0.5) is 0 Å². The zero-order chi connectivity index (χ0) is 14.5. The zero-order valence-corrected chi connectivity index (χ0v) is 12.9. The highest BCUT2D eigenvalue weighted by molar-refractivity contribution is 7.89. The van der Waals surface area contributed by atoms with Gasteiger partial charge in [-0.3, -0.25) is 5.10 Å². The monoisotopic (exact) mass is 288 g/mol. The Morgan fingerprint density at radius 2 is 2.16 bits per heavy atom. The van der Waals surface area contributed by atoms with E-state index >= 15 is 0 Å². The molecular weight excluding hydrogens is 264 g/mol. The molecule has 0 spiro atoms. The average Bonchev–Trinajstić information content (AvgIpc) is 2.84. The van der Waals surface area contributed by atoms with Crippen LogP contribution in [0, 0.1) is 5.92 Å². The summed E-state index contributed by atoms with van der Waals surface area (Å²) in [7, 11) is -1.71. The molecule has 1 rings (SSSR count). The Labute approximate surface area is 115 Å². The Kier molecular flexibility index (Phi) is 5.96. The van der Waals surface area contributed by atoms with Crippen LogP contribution in [0.25, 0.3) is 0 Å². The maximum Gasteiger partial charge on any atom is 0.260 e. The van der Waals surface area contributed by atoms with Crippen molar-refractivity contribution in [3.8, 4) is 0 Å². The van der Waals surface area contributed by atoms with E-state index in [1.54, 1.807) is 13.2 Å². The summed E-state index contributed by atoms with van der Waals surface area (Å²) in [6, 6.07) is 0. The van der Waals surface area contributed by atoms with Crippen LogP contribution >= 0.6 is 0 Å². The third kappa shape index (κ3) is 3.77. The van der Waals surface area contributed by atoms with Crippen LogP contribution in [0.2, 0.25) is 0 Å². The zero-order valence-electron chi connectivity index (χ0n) is 12.1. The number of rotatable bonds is 8. The number of nitrogens with one attached hydrogen (secondary N) is 2. The Morgan fingerprint density at radius 3 is 2.68 bits per heavy atom. The van der Waals surface area contributed by atoms with Gasteiger partial charge in [0.15, 0.2) is 5.03 Å². The molecule has 0 aliphatic heterocycles. The second kappa shape index (κ2) is 7.02. The van der Waals surface area contributed by atoms with E-state index in [1.165, 1.54) is 4.31 Å². The van der Waals surface area contributed by atoms with Crippen LogP contribution < -0.4 is 5.32 Å². The van der Waals surface area contributed by atoms with Gasteiger partial charge in [-0.2, -0.15) is 9.40 Å². The fraction of sp³-hybridized carbons (Fsp3) is 0.750. The highest BCUT2D eigenvalue weighted by Crippen LogP contribution is 2.19. The topological polar surface area (TPSA) is 78.1 Å². The van der Waals surface area contributed by atoms with Crippen molar-refractivity contribution in [2.24, 2.45) is 5.92 Å². The summed E-state index contributed by atoms with van der Waals surface area (Å²) in [6.07, 6.45) is 2.51. The first-order chi connectivity index (χ1) is 8.97. The van der Waals surface area contributed by atoms with Crippen molar-refractivity contribution in [3.05, 3.63) is 11.8 Å². The minimum Gasteiger partial charge on any atom is -0.316 e. The average molecular weight is 288 g/mol. The van der Waals surface area contributed by atoms with Gasteiger partial charge in [-0.25, -0.2) is 8.42 Å². The number of H-pyrrole nitrogens is 1. The highest BCUT2D eigenvalue weighted by Gasteiger charge is 2.28. The fourth-order valence-electron chi connectivity index (χ4n) is 1.84. The molecule has 0 fully saturated rings. The smallest absolute Gasteiger partial charge is 0.260 e. The summed E-state index contributed by atoms with van der Waals surface area (Å²) in [5.74, 6) is 0.338. The predicted octanol–water partition coefficient (Wildman–Crippen LogP) is 1.19. The summed E-state index contributed by atoms with van der Waals surface area (Å²) in [6.45, 7) is 7.45. The van der Waals surface area contributed by atoms with E-state index in [0.29, 0.717) is 31.1 Å². The molecule has 1 aromatic heterocycles. The van der Waals surface area contributed by atoms with Crippen LogP contribution in [0.3, 0.4) is 0 Å². The standard InChI is InChI=1S/C12H24N4O2S/c1-5-10(3)9-16(6-2)19(17,18)12-11(7-13-4)8-14-15-12/h8,10,13H,5-7,9H2,1-4H3,(H,14,15). The molecule has 1 heterocycles. The molecule has 0 radical (unpaired) electrons. The molecule has 0 amide bonds. The molecule has 0 aromatic carbocycles. The van der Waals surface area contributed by atoms with Crippen molar-refractivity contribution < 1.29 is 8.42 Å². The van der Waals surface area contributed by atoms with Crippen molar-refractivity contribution in [2.45, 2.75) is 38.8 Å². The minimum absolute atomic E-state index is 0.201. The van der Waals surface area contributed by atoms with Crippen LogP contribution in [0.15, 0.2) is 11.2 Å². The second-order valence-corrected chi connectivity index (χ2v) is 6.60. The normalized spacial score (nSPS) is 13.9. The van der Waals surface area contributed by atoms with Gasteiger partial charge >= 0.3 is 0 Å². The summed E-state index contributed by atoms with van der Waals surface area (Å²) in [4.78, 5) is 0. The largest absolute Gasteiger partial charge is 0.316 e. The van der Waals surface area contributed by atoms with Crippen LogP contribution in [-0.2, 0) is 16.6 Å². The summed E-state index contributed by atoms with van der Waals surface area (Å²) in [5, 5.41) is 9.62. The predicted molar refractivity (Wildman–Crippen MR) is 75.2 cm³/mol. The summed E-state index contributed by atoms with van der Waals surface area (Å²) in [5.41, 5.74) is 0.671. The maximum atomic E-state index is 12.6. The Morgan fingerprint density at radius 1 is 1.47 bits per heavy atom. The molecule has 0 aliphatic rings. The van der Waals surface area contributed by atoms with E-state index in [4.69, 9.17) is 0 Å². The lowest BCUT2D eigenvalue weighted by Crippen LogP contribution is -2.35. The third-order valence-electron chi connectivity index (χ3n) is 3.21. The minimum atomic E-state index is -3.49. The molecule has 6 nitrogen and oxygen atoms in total. The van der Waals surface area contributed by atoms with Crippen LogP contribution in [0.1, 0.15) is 32.8 Å². The quantitative estimate of drug-likeness (QED) is 0.753. The van der Waals surface area contributed by atoms with E-state index in [1.807, 2.05) is 6.92 Å². The van der Waals surface area contributed by atoms with Gasteiger partial charge in [-0.15, -0.1) is 0 Å². The molecule has 1 aromatic rings. The van der Waals surface area contributed by atoms with Gasteiger partial charge in [0.05, 0.1) is 6.20 Å². The first-order valence-corrected chi connectivity index (χ1v) is 8.08. The maximum absolute atomic E-state index is 12.6. The number of hydrogen-bond donors (Lipinski definition) is 2. The van der Waals surface area contributed by atoms with E-state index in [-0.39, 0.29) is 5.03 Å². The lowest BCUT2D eigenvalue weighted by molar-refractivity contribution is 0.360. The number of nitrogens with zero attached hydrogens (tertiary/aromatic N) is 2. The molecule has 1 atom stereocenters. The number of sulfonamides is 1. The number of aromatic nitrogens is 2. The van der Waals surface area contributed by atoms with E-state index < -0.39 is 10.0 Å². The van der Waals surface area contributed by atoms with E-state index in [0.717, 1.165) is 6.42 Å². The second-order valence-electron chi connectivity index (χ2n) is 4.72. The molecule has 1 unspecified atom stereocenters. The van der Waals surface area contributed by atoms with E-state index in [9.17, 15) is 8.42 Å². The lowest BCUT2D eigenvalue weighted by atomic mass is 10.1. The number of aromatic amines is 1. The Balaban J connectivity index is 3.03. The third-order valence-corrected chi connectivity index (χ3v) is 5.16. The van der Waals surface area contributed by atoms with Crippen molar-refractivity contribution in [2.75, 3.05) is 20.1 Å². The summed E-state index contributed by atoms with van der Waals surface area (Å²) < 4.78 is 26.7. The molecule has 110 valence electrons. The van der Waals surface area contributed by atoms with Crippen LogP contribution in [0.5, 0.6) is 0 Å². The lowest BCUT2D eigenvalue weighted by Gasteiger charge is -2.23. The molecule has 19 heavy (non-hydrogen) atoms. The Hall–Kier alpha value is -0.920. The van der Waals surface area contributed by atoms with Gasteiger partial charge in [0.1, 0.15) is 0 Å². The molecule has 0 saturated carbocycles. The number of hydrogen-bond acceptors (Lipinski definition) is 4. The first kappa shape index (κ1) is 16.1. The molecule has 2 N–H and O–H groups in total. The van der Waals surface area contributed by atoms with Gasteiger partial charge < -0.3 is 5.32 Å². The van der Waals surface area contributed by atoms with Crippen molar-refractivity contribution in [3.63, 3.8) is 0 Å². The highest BCUT2D eigenvalue weighted by atomic mass is 32.2. The summed E-state index contributed by atoms with van der Waals surface area (Å²) >= 11 is 0. The van der Waals surface area contributed by atoms with Crippen LogP contribution in [-0.4, -0.2) is 43.1 Å². The first-order valence-electron chi connectivity index (χ1n) is 6.64. The Bertz CT molecular complexity index is 484. The molecule has 0 aliphatic carbocycles. The fourth-order valence-corrected chi connectivity index (χ4v) is 3.52. The molecule has 0 saturated heterocycles. The van der Waals surface area contributed by atoms with Gasteiger partial charge in [-0.1, -0.05) is 27.2 Å². The van der Waals surface area contributed by atoms with Crippen molar-refractivity contribution >= 4 is 10.0 Å². The van der Waals surface area contributed by atoms with Crippen molar-refractivity contribution in [1.29, 1.82) is 0 Å². The van der Waals surface area contributed by atoms with Crippen molar-refractivity contribution in [1.82, 2.24) is 19.8 Å². The van der Waals surface area contributed by atoms with Gasteiger partial charge in [-0.05, 0) is 13.0 Å². The van der Waals surface area contributed by atoms with Gasteiger partial charge in [0.2, 0.25) is 0 Å². The molecule has 0 bridgehead atoms. The van der Waals surface area contributed by atoms with Gasteiger partial charge in [0.25, 0.3) is 10.0 Å².